The fourth-order valence-corrected chi connectivity index (χ4v) is 4.51. The van der Waals surface area contributed by atoms with Crippen LogP contribution in [0.25, 0.3) is 27.6 Å². The van der Waals surface area contributed by atoms with Gasteiger partial charge >= 0.3 is 0 Å². The van der Waals surface area contributed by atoms with E-state index in [1.54, 1.807) is 12.1 Å². The fourth-order valence-electron chi connectivity index (χ4n) is 3.71. The van der Waals surface area contributed by atoms with Crippen molar-refractivity contribution in [3.8, 4) is 5.69 Å². The number of H-pyrrole nitrogens is 1. The van der Waals surface area contributed by atoms with Gasteiger partial charge in [-0.2, -0.15) is 0 Å². The molecule has 0 radical (unpaired) electrons. The number of nitrogens with one attached hydrogen (secondary N) is 2. The number of carbonyl (C=O) groups is 1. The minimum absolute atomic E-state index is 0.00306. The van der Waals surface area contributed by atoms with Crippen LogP contribution in [0.3, 0.4) is 0 Å². The van der Waals surface area contributed by atoms with E-state index in [0.29, 0.717) is 5.52 Å². The van der Waals surface area contributed by atoms with Gasteiger partial charge in [0.15, 0.2) is 5.16 Å². The molecular weight excluding hydrogens is 439 g/mol. The molecule has 5 rings (SSSR count). The van der Waals surface area contributed by atoms with Crippen LogP contribution in [0, 0.1) is 12.7 Å². The highest BCUT2D eigenvalue weighted by molar-refractivity contribution is 7.99. The van der Waals surface area contributed by atoms with E-state index in [9.17, 15) is 14.0 Å². The third-order valence-electron chi connectivity index (χ3n) is 5.34. The van der Waals surface area contributed by atoms with Crippen LogP contribution in [0.15, 0.2) is 82.7 Å². The van der Waals surface area contributed by atoms with Gasteiger partial charge in [0.05, 0.1) is 11.4 Å². The SMILES string of the molecule is Cc1ccccc1NC(=O)CSc1nc2c([nH]c3ccccc32)c(=O)n1-c1ccccc1F. The predicted molar refractivity (Wildman–Crippen MR) is 130 cm³/mol. The predicted octanol–water partition coefficient (Wildman–Crippen LogP) is 5.05. The molecule has 3 aromatic carbocycles. The molecule has 2 aromatic heterocycles. The Morgan fingerprint density at radius 3 is 2.61 bits per heavy atom. The van der Waals surface area contributed by atoms with Crippen molar-refractivity contribution in [2.24, 2.45) is 0 Å². The van der Waals surface area contributed by atoms with Crippen molar-refractivity contribution in [1.29, 1.82) is 0 Å². The zero-order valence-electron chi connectivity index (χ0n) is 17.6. The molecule has 2 heterocycles. The van der Waals surface area contributed by atoms with Gasteiger partial charge in [-0.3, -0.25) is 14.2 Å². The second-order valence-electron chi connectivity index (χ2n) is 7.53. The standard InChI is InChI=1S/C25H19FN4O2S/c1-15-8-2-5-11-18(15)27-21(31)14-33-25-29-22-16-9-3-6-12-19(16)28-23(22)24(32)30(25)20-13-7-4-10-17(20)26/h2-13,28H,14H2,1H3,(H,27,31). The molecule has 0 saturated heterocycles. The van der Waals surface area contributed by atoms with Gasteiger partial charge in [-0.25, -0.2) is 9.37 Å². The van der Waals surface area contributed by atoms with E-state index in [1.165, 1.54) is 16.7 Å². The summed E-state index contributed by atoms with van der Waals surface area (Å²) in [5, 5.41) is 3.90. The molecule has 0 aliphatic carbocycles. The van der Waals surface area contributed by atoms with Crippen LogP contribution in [0.1, 0.15) is 5.56 Å². The number of hydrogen-bond donors (Lipinski definition) is 2. The number of amides is 1. The first-order valence-electron chi connectivity index (χ1n) is 10.3. The number of aromatic amines is 1. The molecule has 164 valence electrons. The first-order chi connectivity index (χ1) is 16.0. The van der Waals surface area contributed by atoms with Crippen molar-refractivity contribution in [3.63, 3.8) is 0 Å². The van der Waals surface area contributed by atoms with Crippen LogP contribution < -0.4 is 10.9 Å². The summed E-state index contributed by atoms with van der Waals surface area (Å²) in [6.45, 7) is 1.91. The van der Waals surface area contributed by atoms with Crippen molar-refractivity contribution in [2.45, 2.75) is 12.1 Å². The number of nitrogens with zero attached hydrogens (tertiary/aromatic N) is 2. The zero-order valence-corrected chi connectivity index (χ0v) is 18.4. The van der Waals surface area contributed by atoms with Crippen molar-refractivity contribution in [2.75, 3.05) is 11.1 Å². The van der Waals surface area contributed by atoms with Gasteiger partial charge in [0, 0.05) is 16.6 Å². The summed E-state index contributed by atoms with van der Waals surface area (Å²) in [6, 6.07) is 20.9. The molecule has 8 heteroatoms. The van der Waals surface area contributed by atoms with E-state index in [0.717, 1.165) is 33.9 Å². The minimum atomic E-state index is -0.553. The van der Waals surface area contributed by atoms with Gasteiger partial charge in [0.1, 0.15) is 16.9 Å². The molecule has 0 saturated carbocycles. The molecule has 0 aliphatic rings. The quantitative estimate of drug-likeness (QED) is 0.286. The molecule has 5 aromatic rings. The monoisotopic (exact) mass is 458 g/mol. The van der Waals surface area contributed by atoms with Crippen LogP contribution in [0.4, 0.5) is 10.1 Å². The Labute approximate surface area is 192 Å². The third kappa shape index (κ3) is 3.89. The first-order valence-corrected chi connectivity index (χ1v) is 11.3. The summed E-state index contributed by atoms with van der Waals surface area (Å²) in [5.74, 6) is -0.797. The molecular formula is C25H19FN4O2S. The molecule has 0 unspecified atom stereocenters. The normalized spacial score (nSPS) is 11.2. The molecule has 33 heavy (non-hydrogen) atoms. The van der Waals surface area contributed by atoms with Gasteiger partial charge in [-0.1, -0.05) is 60.3 Å². The average Bonchev–Trinajstić information content (AvgIpc) is 3.19. The lowest BCUT2D eigenvalue weighted by Crippen LogP contribution is -2.23. The summed E-state index contributed by atoms with van der Waals surface area (Å²) in [4.78, 5) is 33.9. The number of thioether (sulfide) groups is 1. The number of rotatable bonds is 5. The lowest BCUT2D eigenvalue weighted by atomic mass is 10.2. The number of aromatic nitrogens is 3. The van der Waals surface area contributed by atoms with E-state index >= 15 is 0 Å². The lowest BCUT2D eigenvalue weighted by molar-refractivity contribution is -0.113. The van der Waals surface area contributed by atoms with E-state index in [1.807, 2.05) is 55.5 Å². The maximum atomic E-state index is 14.7. The second-order valence-corrected chi connectivity index (χ2v) is 8.47. The highest BCUT2D eigenvalue weighted by Gasteiger charge is 2.19. The zero-order chi connectivity index (χ0) is 22.9. The summed E-state index contributed by atoms with van der Waals surface area (Å²) in [6.07, 6.45) is 0. The number of aryl methyl sites for hydroxylation is 1. The Hall–Kier alpha value is -3.91. The van der Waals surface area contributed by atoms with Crippen LogP contribution >= 0.6 is 11.8 Å². The van der Waals surface area contributed by atoms with Crippen molar-refractivity contribution in [1.82, 2.24) is 14.5 Å². The molecule has 0 spiro atoms. The molecule has 0 fully saturated rings. The number of halogens is 1. The van der Waals surface area contributed by atoms with Crippen LogP contribution in [-0.2, 0) is 4.79 Å². The second kappa shape index (κ2) is 8.55. The minimum Gasteiger partial charge on any atom is -0.349 e. The smallest absolute Gasteiger partial charge is 0.283 e. The number of fused-ring (bicyclic) bond motifs is 3. The van der Waals surface area contributed by atoms with E-state index in [2.05, 4.69) is 15.3 Å². The lowest BCUT2D eigenvalue weighted by Gasteiger charge is -2.13. The molecule has 0 bridgehead atoms. The highest BCUT2D eigenvalue weighted by Crippen LogP contribution is 2.27. The number of para-hydroxylation sites is 3. The summed E-state index contributed by atoms with van der Waals surface area (Å²) < 4.78 is 15.9. The highest BCUT2D eigenvalue weighted by atomic mass is 32.2. The van der Waals surface area contributed by atoms with Gasteiger partial charge in [-0.15, -0.1) is 0 Å². The van der Waals surface area contributed by atoms with Gasteiger partial charge < -0.3 is 10.3 Å². The molecule has 0 aliphatic heterocycles. The van der Waals surface area contributed by atoms with Gasteiger partial charge in [-0.05, 0) is 36.8 Å². The summed E-state index contributed by atoms with van der Waals surface area (Å²) in [7, 11) is 0. The molecule has 2 N–H and O–H groups in total. The van der Waals surface area contributed by atoms with Crippen molar-refractivity contribution in [3.05, 3.63) is 94.5 Å². The number of hydrogen-bond acceptors (Lipinski definition) is 4. The largest absolute Gasteiger partial charge is 0.349 e. The topological polar surface area (TPSA) is 79.8 Å². The fraction of sp³-hybridized carbons (Fsp3) is 0.0800. The number of carbonyl (C=O) groups excluding carboxylic acids is 1. The van der Waals surface area contributed by atoms with Crippen LogP contribution in [0.2, 0.25) is 0 Å². The average molecular weight is 459 g/mol. The molecule has 1 amide bonds. The van der Waals surface area contributed by atoms with E-state index in [-0.39, 0.29) is 28.0 Å². The Morgan fingerprint density at radius 2 is 1.79 bits per heavy atom. The Kier molecular flexibility index (Phi) is 5.43. The molecule has 6 nitrogen and oxygen atoms in total. The first kappa shape index (κ1) is 21.0. The Bertz CT molecular complexity index is 1570. The summed E-state index contributed by atoms with van der Waals surface area (Å²) in [5.41, 5.74) is 2.85. The van der Waals surface area contributed by atoms with Crippen LogP contribution in [0.5, 0.6) is 0 Å². The number of anilines is 1. The maximum Gasteiger partial charge on any atom is 0.283 e. The molecule has 0 atom stereocenters. The third-order valence-corrected chi connectivity index (χ3v) is 6.28. The summed E-state index contributed by atoms with van der Waals surface area (Å²) >= 11 is 1.08. The Morgan fingerprint density at radius 1 is 1.06 bits per heavy atom. The van der Waals surface area contributed by atoms with Crippen molar-refractivity contribution >= 4 is 45.3 Å². The number of benzene rings is 3. The van der Waals surface area contributed by atoms with Gasteiger partial charge in [0.2, 0.25) is 5.91 Å². The van der Waals surface area contributed by atoms with Crippen molar-refractivity contribution < 1.29 is 9.18 Å². The Balaban J connectivity index is 1.59. The van der Waals surface area contributed by atoms with Gasteiger partial charge in [0.25, 0.3) is 5.56 Å². The van der Waals surface area contributed by atoms with E-state index < -0.39 is 11.4 Å². The van der Waals surface area contributed by atoms with Crippen LogP contribution in [-0.4, -0.2) is 26.2 Å². The maximum absolute atomic E-state index is 14.7. The van der Waals surface area contributed by atoms with E-state index in [4.69, 9.17) is 0 Å².